The van der Waals surface area contributed by atoms with Gasteiger partial charge in [0.15, 0.2) is 0 Å². The standard InChI is InChI=1S/C11H17N3O6/c15-8(13-7-1-2-7)3-4-12-11(19)14-9(16)5-20-6-10(17)18/h7H,1-6H2,(H,13,15)(H,17,18)(H2,12,14,16,19). The van der Waals surface area contributed by atoms with Gasteiger partial charge in [-0.15, -0.1) is 0 Å². The van der Waals surface area contributed by atoms with Gasteiger partial charge < -0.3 is 20.5 Å². The third kappa shape index (κ3) is 8.03. The summed E-state index contributed by atoms with van der Waals surface area (Å²) in [5, 5.41) is 15.3. The Morgan fingerprint density at radius 3 is 2.40 bits per heavy atom. The number of carboxylic acid groups (broad SMARTS) is 1. The van der Waals surface area contributed by atoms with Gasteiger partial charge in [0.1, 0.15) is 13.2 Å². The van der Waals surface area contributed by atoms with Crippen molar-refractivity contribution in [3.63, 3.8) is 0 Å². The normalized spacial score (nSPS) is 13.4. The number of carboxylic acids is 1. The van der Waals surface area contributed by atoms with E-state index in [0.29, 0.717) is 0 Å². The Labute approximate surface area is 115 Å². The van der Waals surface area contributed by atoms with Crippen LogP contribution in [-0.4, -0.2) is 54.7 Å². The number of hydrogen-bond acceptors (Lipinski definition) is 5. The first-order valence-electron chi connectivity index (χ1n) is 6.14. The second-order valence-corrected chi connectivity index (χ2v) is 4.28. The van der Waals surface area contributed by atoms with Crippen LogP contribution in [0.5, 0.6) is 0 Å². The fraction of sp³-hybridized carbons (Fsp3) is 0.636. The van der Waals surface area contributed by atoms with Crippen LogP contribution in [0, 0.1) is 0 Å². The van der Waals surface area contributed by atoms with Crippen molar-refractivity contribution in [3.05, 3.63) is 0 Å². The van der Waals surface area contributed by atoms with E-state index in [4.69, 9.17) is 5.11 Å². The van der Waals surface area contributed by atoms with Gasteiger partial charge in [-0.05, 0) is 12.8 Å². The second kappa shape index (κ2) is 8.10. The number of aliphatic carboxylic acids is 1. The maximum Gasteiger partial charge on any atom is 0.329 e. The fourth-order valence-corrected chi connectivity index (χ4v) is 1.26. The van der Waals surface area contributed by atoms with Crippen molar-refractivity contribution in [1.29, 1.82) is 0 Å². The lowest BCUT2D eigenvalue weighted by Crippen LogP contribution is -2.42. The molecule has 112 valence electrons. The van der Waals surface area contributed by atoms with E-state index in [1.807, 2.05) is 5.32 Å². The van der Waals surface area contributed by atoms with Crippen molar-refractivity contribution in [2.24, 2.45) is 0 Å². The number of carbonyl (C=O) groups excluding carboxylic acids is 3. The maximum absolute atomic E-state index is 11.3. The Balaban J connectivity index is 2.02. The molecule has 4 amide bonds. The van der Waals surface area contributed by atoms with Crippen molar-refractivity contribution in [3.8, 4) is 0 Å². The van der Waals surface area contributed by atoms with Crippen LogP contribution in [0.4, 0.5) is 4.79 Å². The summed E-state index contributed by atoms with van der Waals surface area (Å²) in [6.45, 7) is -1.04. The van der Waals surface area contributed by atoms with Crippen molar-refractivity contribution in [2.75, 3.05) is 19.8 Å². The van der Waals surface area contributed by atoms with Crippen molar-refractivity contribution in [2.45, 2.75) is 25.3 Å². The highest BCUT2D eigenvalue weighted by Gasteiger charge is 2.22. The van der Waals surface area contributed by atoms with Gasteiger partial charge in [0.25, 0.3) is 5.91 Å². The van der Waals surface area contributed by atoms with Crippen LogP contribution in [0.15, 0.2) is 0 Å². The monoisotopic (exact) mass is 287 g/mol. The Bertz CT molecular complexity index is 394. The minimum absolute atomic E-state index is 0.105. The van der Waals surface area contributed by atoms with Crippen molar-refractivity contribution in [1.82, 2.24) is 16.0 Å². The topological polar surface area (TPSA) is 134 Å². The summed E-state index contributed by atoms with van der Waals surface area (Å²) < 4.78 is 4.50. The van der Waals surface area contributed by atoms with E-state index in [2.05, 4.69) is 15.4 Å². The lowest BCUT2D eigenvalue weighted by Gasteiger charge is -2.07. The summed E-state index contributed by atoms with van der Waals surface area (Å²) in [4.78, 5) is 43.7. The van der Waals surface area contributed by atoms with E-state index in [1.165, 1.54) is 0 Å². The summed E-state index contributed by atoms with van der Waals surface area (Å²) in [6.07, 6.45) is 2.11. The third-order valence-electron chi connectivity index (χ3n) is 2.29. The van der Waals surface area contributed by atoms with Gasteiger partial charge in [-0.1, -0.05) is 0 Å². The molecule has 0 aliphatic heterocycles. The average Bonchev–Trinajstić information content (AvgIpc) is 3.12. The largest absolute Gasteiger partial charge is 0.480 e. The quantitative estimate of drug-likeness (QED) is 0.433. The third-order valence-corrected chi connectivity index (χ3v) is 2.29. The molecule has 0 saturated heterocycles. The Kier molecular flexibility index (Phi) is 6.44. The first kappa shape index (κ1) is 15.9. The molecular formula is C11H17N3O6. The van der Waals surface area contributed by atoms with Crippen LogP contribution < -0.4 is 16.0 Å². The van der Waals surface area contributed by atoms with Crippen molar-refractivity contribution >= 4 is 23.8 Å². The number of amides is 4. The van der Waals surface area contributed by atoms with E-state index < -0.39 is 31.1 Å². The van der Waals surface area contributed by atoms with E-state index in [9.17, 15) is 19.2 Å². The number of ether oxygens (including phenoxy) is 1. The number of carbonyl (C=O) groups is 4. The molecule has 0 unspecified atom stereocenters. The number of nitrogens with one attached hydrogen (secondary N) is 3. The predicted octanol–water partition coefficient (Wildman–Crippen LogP) is -1.42. The minimum atomic E-state index is -1.20. The highest BCUT2D eigenvalue weighted by atomic mass is 16.5. The predicted molar refractivity (Wildman–Crippen MR) is 65.8 cm³/mol. The summed E-state index contributed by atoms with van der Waals surface area (Å²) >= 11 is 0. The lowest BCUT2D eigenvalue weighted by molar-refractivity contribution is -0.143. The molecule has 0 radical (unpaired) electrons. The Morgan fingerprint density at radius 2 is 1.80 bits per heavy atom. The molecule has 1 saturated carbocycles. The van der Waals surface area contributed by atoms with Gasteiger partial charge >= 0.3 is 12.0 Å². The number of imide groups is 1. The smallest absolute Gasteiger partial charge is 0.329 e. The molecule has 0 spiro atoms. The summed E-state index contributed by atoms with van der Waals surface area (Å²) in [5.41, 5.74) is 0. The Morgan fingerprint density at radius 1 is 1.10 bits per heavy atom. The van der Waals surface area contributed by atoms with Crippen molar-refractivity contribution < 1.29 is 29.0 Å². The number of urea groups is 1. The van der Waals surface area contributed by atoms with Crippen LogP contribution >= 0.6 is 0 Å². The molecule has 1 aliphatic rings. The van der Waals surface area contributed by atoms with E-state index in [1.54, 1.807) is 0 Å². The molecule has 0 aromatic carbocycles. The molecule has 9 nitrogen and oxygen atoms in total. The van der Waals surface area contributed by atoms with Gasteiger partial charge in [-0.2, -0.15) is 0 Å². The lowest BCUT2D eigenvalue weighted by atomic mass is 10.4. The summed E-state index contributed by atoms with van der Waals surface area (Å²) in [7, 11) is 0. The maximum atomic E-state index is 11.3. The van der Waals surface area contributed by atoms with Gasteiger partial charge in [-0.25, -0.2) is 9.59 Å². The van der Waals surface area contributed by atoms with Crippen LogP contribution in [0.2, 0.25) is 0 Å². The zero-order valence-electron chi connectivity index (χ0n) is 10.8. The molecule has 0 bridgehead atoms. The SMILES string of the molecule is O=C(O)COCC(=O)NC(=O)NCCC(=O)NC1CC1. The molecule has 0 aromatic rings. The van der Waals surface area contributed by atoms with Crippen LogP contribution in [0.25, 0.3) is 0 Å². The van der Waals surface area contributed by atoms with E-state index in [-0.39, 0.29) is 24.9 Å². The summed E-state index contributed by atoms with van der Waals surface area (Å²) in [5.74, 6) is -2.11. The summed E-state index contributed by atoms with van der Waals surface area (Å²) in [6, 6.07) is -0.488. The van der Waals surface area contributed by atoms with Gasteiger partial charge in [0.05, 0.1) is 0 Å². The zero-order chi connectivity index (χ0) is 15.0. The minimum Gasteiger partial charge on any atom is -0.480 e. The first-order chi connectivity index (χ1) is 9.47. The van der Waals surface area contributed by atoms with Crippen LogP contribution in [-0.2, 0) is 19.1 Å². The molecule has 9 heteroatoms. The van der Waals surface area contributed by atoms with Gasteiger partial charge in [0.2, 0.25) is 5.91 Å². The molecule has 4 N–H and O–H groups in total. The molecule has 1 rings (SSSR count). The fourth-order valence-electron chi connectivity index (χ4n) is 1.26. The number of rotatable bonds is 8. The molecule has 20 heavy (non-hydrogen) atoms. The molecule has 1 aliphatic carbocycles. The molecule has 0 atom stereocenters. The molecule has 0 aromatic heterocycles. The number of hydrogen-bond donors (Lipinski definition) is 4. The highest BCUT2D eigenvalue weighted by molar-refractivity contribution is 5.95. The Hall–Kier alpha value is -2.16. The first-order valence-corrected chi connectivity index (χ1v) is 6.14. The second-order valence-electron chi connectivity index (χ2n) is 4.28. The van der Waals surface area contributed by atoms with Crippen LogP contribution in [0.1, 0.15) is 19.3 Å². The zero-order valence-corrected chi connectivity index (χ0v) is 10.8. The molecule has 1 fully saturated rings. The van der Waals surface area contributed by atoms with E-state index in [0.717, 1.165) is 12.8 Å². The highest BCUT2D eigenvalue weighted by Crippen LogP contribution is 2.18. The van der Waals surface area contributed by atoms with E-state index >= 15 is 0 Å². The van der Waals surface area contributed by atoms with Crippen LogP contribution in [0.3, 0.4) is 0 Å². The van der Waals surface area contributed by atoms with Gasteiger partial charge in [0, 0.05) is 19.0 Å². The van der Waals surface area contributed by atoms with Gasteiger partial charge in [-0.3, -0.25) is 14.9 Å². The molecule has 0 heterocycles. The average molecular weight is 287 g/mol. The molecular weight excluding hydrogens is 270 g/mol.